The van der Waals surface area contributed by atoms with Crippen molar-refractivity contribution < 1.29 is 23.9 Å². The number of methoxy groups -OCH3 is 1. The van der Waals surface area contributed by atoms with Crippen molar-refractivity contribution in [2.75, 3.05) is 12.4 Å². The monoisotopic (exact) mass is 501 g/mol. The number of halogens is 1. The normalized spacial score (nSPS) is 10.7. The number of amides is 2. The van der Waals surface area contributed by atoms with Crippen molar-refractivity contribution in [1.82, 2.24) is 5.43 Å². The molecule has 0 saturated heterocycles. The summed E-state index contributed by atoms with van der Waals surface area (Å²) in [6.07, 6.45) is 1.32. The van der Waals surface area contributed by atoms with Gasteiger partial charge in [0.05, 0.1) is 23.9 Å². The molecule has 0 saturated carbocycles. The van der Waals surface area contributed by atoms with E-state index >= 15 is 0 Å². The molecule has 0 unspecified atom stereocenters. The van der Waals surface area contributed by atoms with Crippen molar-refractivity contribution in [3.8, 4) is 11.5 Å². The molecule has 0 aliphatic carbocycles. The number of benzene rings is 4. The molecule has 0 fully saturated rings. The maximum Gasteiger partial charge on any atom is 0.345 e. The molecule has 9 heteroatoms. The van der Waals surface area contributed by atoms with Gasteiger partial charge in [0.15, 0.2) is 11.5 Å². The Hall–Kier alpha value is -4.69. The third kappa shape index (κ3) is 5.68. The van der Waals surface area contributed by atoms with Gasteiger partial charge in [-0.3, -0.25) is 9.59 Å². The summed E-state index contributed by atoms with van der Waals surface area (Å²) in [6, 6.07) is 24.1. The van der Waals surface area contributed by atoms with Crippen LogP contribution >= 0.6 is 11.6 Å². The van der Waals surface area contributed by atoms with Gasteiger partial charge in [0.1, 0.15) is 0 Å². The topological polar surface area (TPSA) is 106 Å². The van der Waals surface area contributed by atoms with Gasteiger partial charge in [0, 0.05) is 11.1 Å². The molecule has 0 aliphatic rings. The second-order valence-electron chi connectivity index (χ2n) is 7.46. The predicted octanol–water partition coefficient (Wildman–Crippen LogP) is 4.81. The number of hydrogen-bond acceptors (Lipinski definition) is 6. The number of nitrogens with zero attached hydrogens (tertiary/aromatic N) is 1. The average molecular weight is 502 g/mol. The molecule has 2 amide bonds. The molecule has 0 spiro atoms. The van der Waals surface area contributed by atoms with Gasteiger partial charge in [0.2, 0.25) is 0 Å². The minimum Gasteiger partial charge on any atom is -0.493 e. The first-order valence-corrected chi connectivity index (χ1v) is 11.1. The highest BCUT2D eigenvalue weighted by atomic mass is 35.5. The molecule has 0 aliphatic heterocycles. The van der Waals surface area contributed by atoms with E-state index in [1.807, 2.05) is 30.3 Å². The third-order valence-corrected chi connectivity index (χ3v) is 5.44. The first kappa shape index (κ1) is 24.4. The molecule has 0 heterocycles. The van der Waals surface area contributed by atoms with Gasteiger partial charge >= 0.3 is 17.8 Å². The number of hydrazone groups is 1. The van der Waals surface area contributed by atoms with E-state index in [1.165, 1.54) is 19.4 Å². The summed E-state index contributed by atoms with van der Waals surface area (Å²) < 4.78 is 10.7. The Morgan fingerprint density at radius 2 is 1.61 bits per heavy atom. The van der Waals surface area contributed by atoms with Gasteiger partial charge in [-0.25, -0.2) is 10.2 Å². The smallest absolute Gasteiger partial charge is 0.345 e. The molecule has 0 radical (unpaired) electrons. The van der Waals surface area contributed by atoms with E-state index in [1.54, 1.807) is 48.5 Å². The van der Waals surface area contributed by atoms with E-state index in [0.29, 0.717) is 11.3 Å². The van der Waals surface area contributed by atoms with Crippen LogP contribution in [0.2, 0.25) is 5.02 Å². The Bertz CT molecular complexity index is 1480. The molecule has 0 atom stereocenters. The number of ether oxygens (including phenoxy) is 2. The molecule has 180 valence electrons. The number of hydrogen-bond donors (Lipinski definition) is 2. The summed E-state index contributed by atoms with van der Waals surface area (Å²) in [6.45, 7) is 0. The number of carbonyl (C=O) groups excluding carboxylic acids is 3. The van der Waals surface area contributed by atoms with Gasteiger partial charge in [-0.05, 0) is 47.3 Å². The Kier molecular flexibility index (Phi) is 7.57. The molecule has 4 aromatic carbocycles. The minimum absolute atomic E-state index is 0.179. The van der Waals surface area contributed by atoms with Crippen LogP contribution in [-0.2, 0) is 9.59 Å². The molecular weight excluding hydrogens is 482 g/mol. The largest absolute Gasteiger partial charge is 0.493 e. The van der Waals surface area contributed by atoms with Crippen molar-refractivity contribution >= 4 is 52.1 Å². The van der Waals surface area contributed by atoms with Crippen LogP contribution in [0.5, 0.6) is 11.5 Å². The number of nitrogens with one attached hydrogen (secondary N) is 2. The van der Waals surface area contributed by atoms with E-state index in [2.05, 4.69) is 15.8 Å². The van der Waals surface area contributed by atoms with E-state index in [-0.39, 0.29) is 22.1 Å². The molecule has 2 N–H and O–H groups in total. The van der Waals surface area contributed by atoms with E-state index < -0.39 is 17.8 Å². The molecule has 36 heavy (non-hydrogen) atoms. The molecule has 4 rings (SSSR count). The maximum absolute atomic E-state index is 12.4. The number of esters is 1. The standard InChI is InChI=1S/C27H20ClN3O5/c1-35-24-15-17(13-14-23(24)36-27(34)20-10-4-5-11-21(20)28)16-29-31-26(33)25(32)30-22-12-6-8-18-7-2-3-9-19(18)22/h2-16H,1H3,(H,30,32)(H,31,33)/b29-16+. The van der Waals surface area contributed by atoms with Crippen LogP contribution < -0.4 is 20.2 Å². The van der Waals surface area contributed by atoms with Crippen molar-refractivity contribution in [2.45, 2.75) is 0 Å². The van der Waals surface area contributed by atoms with Gasteiger partial charge < -0.3 is 14.8 Å². The van der Waals surface area contributed by atoms with Crippen LogP contribution in [0.25, 0.3) is 10.8 Å². The summed E-state index contributed by atoms with van der Waals surface area (Å²) in [5.74, 6) is -1.98. The van der Waals surface area contributed by atoms with Crippen LogP contribution in [0.4, 0.5) is 5.69 Å². The number of anilines is 1. The van der Waals surface area contributed by atoms with E-state index in [0.717, 1.165) is 10.8 Å². The van der Waals surface area contributed by atoms with Crippen LogP contribution in [0.3, 0.4) is 0 Å². The highest BCUT2D eigenvalue weighted by Gasteiger charge is 2.16. The third-order valence-electron chi connectivity index (χ3n) is 5.11. The zero-order valence-corrected chi connectivity index (χ0v) is 19.8. The Morgan fingerprint density at radius 3 is 2.42 bits per heavy atom. The lowest BCUT2D eigenvalue weighted by molar-refractivity contribution is -0.136. The summed E-state index contributed by atoms with van der Waals surface area (Å²) in [4.78, 5) is 36.9. The lowest BCUT2D eigenvalue weighted by atomic mass is 10.1. The van der Waals surface area contributed by atoms with Crippen LogP contribution in [-0.4, -0.2) is 31.1 Å². The number of rotatable bonds is 6. The SMILES string of the molecule is COc1cc(/C=N/NC(=O)C(=O)Nc2cccc3ccccc23)ccc1OC(=O)c1ccccc1Cl. The highest BCUT2D eigenvalue weighted by molar-refractivity contribution is 6.40. The fourth-order valence-electron chi connectivity index (χ4n) is 3.36. The first-order chi connectivity index (χ1) is 17.5. The summed E-state index contributed by atoms with van der Waals surface area (Å²) in [5, 5.41) is 8.43. The fraction of sp³-hybridized carbons (Fsp3) is 0.0370. The average Bonchev–Trinajstić information content (AvgIpc) is 2.89. The lowest BCUT2D eigenvalue weighted by Crippen LogP contribution is -2.32. The quantitative estimate of drug-likeness (QED) is 0.130. The molecule has 8 nitrogen and oxygen atoms in total. The summed E-state index contributed by atoms with van der Waals surface area (Å²) >= 11 is 6.05. The second kappa shape index (κ2) is 11.2. The Labute approximate surface area is 211 Å². The predicted molar refractivity (Wildman–Crippen MR) is 138 cm³/mol. The molecule has 0 aromatic heterocycles. The second-order valence-corrected chi connectivity index (χ2v) is 7.87. The first-order valence-electron chi connectivity index (χ1n) is 10.7. The zero-order valence-electron chi connectivity index (χ0n) is 19.0. The fourth-order valence-corrected chi connectivity index (χ4v) is 3.57. The number of carbonyl (C=O) groups is 3. The highest BCUT2D eigenvalue weighted by Crippen LogP contribution is 2.29. The molecule has 0 bridgehead atoms. The van der Waals surface area contributed by atoms with Gasteiger partial charge in [-0.15, -0.1) is 0 Å². The zero-order chi connectivity index (χ0) is 25.5. The van der Waals surface area contributed by atoms with Gasteiger partial charge in [-0.1, -0.05) is 60.1 Å². The van der Waals surface area contributed by atoms with Crippen molar-refractivity contribution in [3.05, 3.63) is 101 Å². The lowest BCUT2D eigenvalue weighted by Gasteiger charge is -2.10. The summed E-state index contributed by atoms with van der Waals surface area (Å²) in [7, 11) is 1.42. The van der Waals surface area contributed by atoms with Crippen LogP contribution in [0.15, 0.2) is 90.0 Å². The van der Waals surface area contributed by atoms with Crippen LogP contribution in [0.1, 0.15) is 15.9 Å². The van der Waals surface area contributed by atoms with Crippen molar-refractivity contribution in [1.29, 1.82) is 0 Å². The van der Waals surface area contributed by atoms with E-state index in [4.69, 9.17) is 21.1 Å². The Balaban J connectivity index is 1.39. The van der Waals surface area contributed by atoms with Crippen molar-refractivity contribution in [3.63, 3.8) is 0 Å². The van der Waals surface area contributed by atoms with Crippen LogP contribution in [0, 0.1) is 0 Å². The number of fused-ring (bicyclic) bond motifs is 1. The maximum atomic E-state index is 12.4. The Morgan fingerprint density at radius 1 is 0.861 bits per heavy atom. The van der Waals surface area contributed by atoms with E-state index in [9.17, 15) is 14.4 Å². The van der Waals surface area contributed by atoms with Crippen molar-refractivity contribution in [2.24, 2.45) is 5.10 Å². The van der Waals surface area contributed by atoms with Gasteiger partial charge in [0.25, 0.3) is 0 Å². The summed E-state index contributed by atoms with van der Waals surface area (Å²) in [5.41, 5.74) is 3.45. The molecular formula is C27H20ClN3O5. The van der Waals surface area contributed by atoms with Gasteiger partial charge in [-0.2, -0.15) is 5.10 Å². The molecule has 4 aromatic rings. The minimum atomic E-state index is -0.934.